The van der Waals surface area contributed by atoms with E-state index in [2.05, 4.69) is 30.3 Å². The van der Waals surface area contributed by atoms with Gasteiger partial charge in [0.1, 0.15) is 11.5 Å². The normalized spacial score (nSPS) is 20.3. The zero-order chi connectivity index (χ0) is 16.3. The van der Waals surface area contributed by atoms with Gasteiger partial charge in [-0.2, -0.15) is 0 Å². The van der Waals surface area contributed by atoms with Crippen LogP contribution >= 0.6 is 0 Å². The Morgan fingerprint density at radius 1 is 0.875 bits per heavy atom. The van der Waals surface area contributed by atoms with E-state index in [9.17, 15) is 0 Å². The van der Waals surface area contributed by atoms with Crippen molar-refractivity contribution >= 4 is 11.1 Å². The fourth-order valence-corrected chi connectivity index (χ4v) is 5.14. The first-order valence-electron chi connectivity index (χ1n) is 8.93. The van der Waals surface area contributed by atoms with Crippen molar-refractivity contribution in [3.05, 3.63) is 58.1 Å². The molecule has 0 heterocycles. The second kappa shape index (κ2) is 5.14. The maximum atomic E-state index is 5.66. The number of allylic oxidation sites excluding steroid dienone is 2. The predicted molar refractivity (Wildman–Crippen MR) is 96.8 cm³/mol. The smallest absolute Gasteiger partial charge is 0.122 e. The summed E-state index contributed by atoms with van der Waals surface area (Å²) in [4.78, 5) is 0. The summed E-state index contributed by atoms with van der Waals surface area (Å²) in [6.07, 6.45) is 5.83. The minimum absolute atomic E-state index is 0.553. The molecule has 0 fully saturated rings. The summed E-state index contributed by atoms with van der Waals surface area (Å²) in [5.41, 5.74) is 10.4. The van der Waals surface area contributed by atoms with Crippen LogP contribution in [0.1, 0.15) is 53.0 Å². The van der Waals surface area contributed by atoms with Crippen LogP contribution in [-0.2, 0) is 12.8 Å². The van der Waals surface area contributed by atoms with Crippen LogP contribution in [0.15, 0.2) is 30.3 Å². The summed E-state index contributed by atoms with van der Waals surface area (Å²) in [7, 11) is 3.58. The van der Waals surface area contributed by atoms with Crippen LogP contribution in [0.3, 0.4) is 0 Å². The van der Waals surface area contributed by atoms with Gasteiger partial charge in [-0.1, -0.05) is 18.2 Å². The molecule has 1 unspecified atom stereocenters. The summed E-state index contributed by atoms with van der Waals surface area (Å²) < 4.78 is 11.3. The molecule has 0 saturated carbocycles. The molecule has 0 saturated heterocycles. The van der Waals surface area contributed by atoms with E-state index in [4.69, 9.17) is 9.47 Å². The lowest BCUT2D eigenvalue weighted by molar-refractivity contribution is 0.407. The lowest BCUT2D eigenvalue weighted by Gasteiger charge is -2.27. The van der Waals surface area contributed by atoms with E-state index >= 15 is 0 Å². The number of hydrogen-bond donors (Lipinski definition) is 0. The lowest BCUT2D eigenvalue weighted by Crippen LogP contribution is -2.11. The Bertz CT molecular complexity index is 876. The highest BCUT2D eigenvalue weighted by Crippen LogP contribution is 2.57. The number of rotatable bonds is 2. The predicted octanol–water partition coefficient (Wildman–Crippen LogP) is 4.99. The number of benzene rings is 2. The number of hydrogen-bond acceptors (Lipinski definition) is 2. The Morgan fingerprint density at radius 3 is 2.54 bits per heavy atom. The van der Waals surface area contributed by atoms with Crippen molar-refractivity contribution in [1.82, 2.24) is 0 Å². The first-order chi connectivity index (χ1) is 11.8. The van der Waals surface area contributed by atoms with Crippen LogP contribution < -0.4 is 9.47 Å². The van der Waals surface area contributed by atoms with Gasteiger partial charge in [0.25, 0.3) is 0 Å². The van der Waals surface area contributed by atoms with E-state index < -0.39 is 0 Å². The average molecular weight is 318 g/mol. The van der Waals surface area contributed by atoms with Crippen molar-refractivity contribution in [2.45, 2.75) is 38.0 Å². The highest BCUT2D eigenvalue weighted by atomic mass is 16.5. The van der Waals surface area contributed by atoms with Gasteiger partial charge in [0, 0.05) is 17.0 Å². The first-order valence-corrected chi connectivity index (χ1v) is 8.93. The zero-order valence-electron chi connectivity index (χ0n) is 14.3. The highest BCUT2D eigenvalue weighted by molar-refractivity contribution is 6.02. The van der Waals surface area contributed by atoms with E-state index in [0.29, 0.717) is 5.92 Å². The van der Waals surface area contributed by atoms with Gasteiger partial charge in [-0.25, -0.2) is 0 Å². The first kappa shape index (κ1) is 14.2. The molecule has 0 bridgehead atoms. The van der Waals surface area contributed by atoms with Crippen LogP contribution in [0.25, 0.3) is 11.1 Å². The molecule has 2 nitrogen and oxygen atoms in total. The fourth-order valence-electron chi connectivity index (χ4n) is 5.14. The summed E-state index contributed by atoms with van der Waals surface area (Å²) in [5.74, 6) is 2.66. The molecule has 122 valence electrons. The summed E-state index contributed by atoms with van der Waals surface area (Å²) in [5, 5.41) is 0. The number of methoxy groups -OCH3 is 2. The van der Waals surface area contributed by atoms with Gasteiger partial charge < -0.3 is 9.47 Å². The second-order valence-electron chi connectivity index (χ2n) is 7.03. The SMILES string of the molecule is COc1cccc2c1CCC1C2=C2CCCc3c(OC)ccc1c32. The molecule has 3 aliphatic rings. The van der Waals surface area contributed by atoms with E-state index in [1.54, 1.807) is 25.4 Å². The molecule has 5 rings (SSSR count). The van der Waals surface area contributed by atoms with Crippen molar-refractivity contribution in [3.63, 3.8) is 0 Å². The van der Waals surface area contributed by atoms with Crippen molar-refractivity contribution in [2.75, 3.05) is 14.2 Å². The van der Waals surface area contributed by atoms with Gasteiger partial charge in [-0.05, 0) is 72.1 Å². The summed E-state index contributed by atoms with van der Waals surface area (Å²) in [6.45, 7) is 0. The molecular formula is C22H22O2. The van der Waals surface area contributed by atoms with Crippen molar-refractivity contribution in [3.8, 4) is 11.5 Å². The zero-order valence-corrected chi connectivity index (χ0v) is 14.3. The van der Waals surface area contributed by atoms with Gasteiger partial charge >= 0.3 is 0 Å². The lowest BCUT2D eigenvalue weighted by atomic mass is 9.78. The van der Waals surface area contributed by atoms with Crippen LogP contribution in [-0.4, -0.2) is 14.2 Å². The van der Waals surface area contributed by atoms with Gasteiger partial charge in [-0.3, -0.25) is 0 Å². The van der Waals surface area contributed by atoms with E-state index in [1.807, 2.05) is 0 Å². The molecule has 0 amide bonds. The topological polar surface area (TPSA) is 18.5 Å². The van der Waals surface area contributed by atoms with Crippen molar-refractivity contribution < 1.29 is 9.47 Å². The van der Waals surface area contributed by atoms with Crippen molar-refractivity contribution in [1.29, 1.82) is 0 Å². The highest BCUT2D eigenvalue weighted by Gasteiger charge is 2.39. The Morgan fingerprint density at radius 2 is 1.71 bits per heavy atom. The van der Waals surface area contributed by atoms with Gasteiger partial charge in [0.2, 0.25) is 0 Å². The third kappa shape index (κ3) is 1.71. The molecule has 0 aliphatic heterocycles. The molecule has 0 spiro atoms. The molecule has 0 N–H and O–H groups in total. The van der Waals surface area contributed by atoms with E-state index in [0.717, 1.165) is 24.3 Å². The maximum absolute atomic E-state index is 5.66. The van der Waals surface area contributed by atoms with E-state index in [1.165, 1.54) is 47.1 Å². The van der Waals surface area contributed by atoms with Gasteiger partial charge in [0.05, 0.1) is 14.2 Å². The number of fused-ring (bicyclic) bond motifs is 4. The standard InChI is InChI=1S/C22H22O2/c1-23-19-8-4-5-14-13(19)9-10-15-16-11-12-20(24-2)17-6-3-7-18(21(14)15)22(16)17/h4-5,8,11-12,15H,3,6-7,9-10H2,1-2H3. The summed E-state index contributed by atoms with van der Waals surface area (Å²) in [6, 6.07) is 11.0. The molecular weight excluding hydrogens is 296 g/mol. The third-order valence-corrected chi connectivity index (χ3v) is 6.05. The molecule has 3 aliphatic carbocycles. The molecule has 0 radical (unpaired) electrons. The van der Waals surface area contributed by atoms with Gasteiger partial charge in [-0.15, -0.1) is 0 Å². The quantitative estimate of drug-likeness (QED) is 0.776. The largest absolute Gasteiger partial charge is 0.496 e. The minimum Gasteiger partial charge on any atom is -0.496 e. The molecule has 2 heteroatoms. The molecule has 2 aromatic rings. The van der Waals surface area contributed by atoms with Crippen LogP contribution in [0.5, 0.6) is 11.5 Å². The Balaban J connectivity index is 1.80. The van der Waals surface area contributed by atoms with E-state index in [-0.39, 0.29) is 0 Å². The molecule has 0 aromatic heterocycles. The monoisotopic (exact) mass is 318 g/mol. The maximum Gasteiger partial charge on any atom is 0.122 e. The van der Waals surface area contributed by atoms with Crippen LogP contribution in [0.2, 0.25) is 0 Å². The molecule has 24 heavy (non-hydrogen) atoms. The Labute approximate surface area is 143 Å². The third-order valence-electron chi connectivity index (χ3n) is 6.05. The second-order valence-corrected chi connectivity index (χ2v) is 7.03. The minimum atomic E-state index is 0.553. The molecule has 1 atom stereocenters. The van der Waals surface area contributed by atoms with Crippen LogP contribution in [0.4, 0.5) is 0 Å². The molecule has 2 aromatic carbocycles. The van der Waals surface area contributed by atoms with Gasteiger partial charge in [0.15, 0.2) is 0 Å². The fraction of sp³-hybridized carbons (Fsp3) is 0.364. The Kier molecular flexibility index (Phi) is 3.03. The number of ether oxygens (including phenoxy) is 2. The average Bonchev–Trinajstić information content (AvgIpc) is 2.98. The van der Waals surface area contributed by atoms with Crippen molar-refractivity contribution in [2.24, 2.45) is 0 Å². The Hall–Kier alpha value is -2.22. The van der Waals surface area contributed by atoms with Crippen LogP contribution in [0, 0.1) is 0 Å². The summed E-state index contributed by atoms with van der Waals surface area (Å²) >= 11 is 0.